The summed E-state index contributed by atoms with van der Waals surface area (Å²) in [6.45, 7) is 9.49. The third-order valence-electron chi connectivity index (χ3n) is 5.80. The Kier molecular flexibility index (Phi) is 7.77. The minimum absolute atomic E-state index is 0.376. The molecular weight excluding hydrogens is 469 g/mol. The highest BCUT2D eigenvalue weighted by Crippen LogP contribution is 2.38. The first-order chi connectivity index (χ1) is 16.3. The molecule has 0 saturated carbocycles. The summed E-state index contributed by atoms with van der Waals surface area (Å²) < 4.78 is 18.6. The van der Waals surface area contributed by atoms with Crippen molar-refractivity contribution in [2.24, 2.45) is 0 Å². The van der Waals surface area contributed by atoms with E-state index in [1.165, 1.54) is 25.9 Å². The summed E-state index contributed by atoms with van der Waals surface area (Å²) in [7, 11) is -2.48. The van der Waals surface area contributed by atoms with E-state index in [0.717, 1.165) is 28.8 Å². The fourth-order valence-electron chi connectivity index (χ4n) is 3.98. The summed E-state index contributed by atoms with van der Waals surface area (Å²) in [6, 6.07) is 13.4. The lowest BCUT2D eigenvalue weighted by Gasteiger charge is -2.17. The van der Waals surface area contributed by atoms with Gasteiger partial charge in [0.1, 0.15) is 24.5 Å². The number of benzene rings is 2. The van der Waals surface area contributed by atoms with Crippen LogP contribution in [0.2, 0.25) is 5.02 Å². The number of nitrogens with zero attached hydrogens (tertiary/aromatic N) is 3. The highest BCUT2D eigenvalue weighted by atomic mass is 35.5. The second-order valence-corrected chi connectivity index (χ2v) is 12.5. The van der Waals surface area contributed by atoms with Gasteiger partial charge in [-0.15, -0.1) is 0 Å². The number of aryl methyl sites for hydroxylation is 1. The second-order valence-electron chi connectivity index (χ2n) is 8.88. The first-order valence-electron chi connectivity index (χ1n) is 11.5. The Morgan fingerprint density at radius 3 is 2.59 bits per heavy atom. The highest BCUT2D eigenvalue weighted by Gasteiger charge is 2.17. The van der Waals surface area contributed by atoms with E-state index >= 15 is 0 Å². The van der Waals surface area contributed by atoms with Crippen molar-refractivity contribution < 1.29 is 9.30 Å². The first-order valence-corrected chi connectivity index (χ1v) is 14.4. The van der Waals surface area contributed by atoms with E-state index in [0.29, 0.717) is 29.1 Å². The molecular formula is C25H31ClN5O2P. The molecule has 0 bridgehead atoms. The standard InChI is InChI=1S/C25H31ClN5O2P/c1-18-16-19(33-15-14-31-12-6-7-13-31)10-11-21(18)29-25-27-17-20(26)24(30-25)28-22-8-4-5-9-23(22)34(2,3)32/h4-5,8-11,16-17H,6-7,12-15H2,1-3H3,(H2,27,28,29,30). The van der Waals surface area contributed by atoms with Gasteiger partial charge >= 0.3 is 0 Å². The van der Waals surface area contributed by atoms with Crippen molar-refractivity contribution >= 4 is 47.2 Å². The summed E-state index contributed by atoms with van der Waals surface area (Å²) in [4.78, 5) is 11.3. The van der Waals surface area contributed by atoms with Gasteiger partial charge in [-0.1, -0.05) is 23.7 Å². The SMILES string of the molecule is Cc1cc(OCCN2CCCC2)ccc1Nc1ncc(Cl)c(Nc2ccccc2P(C)(C)=O)n1. The predicted octanol–water partition coefficient (Wildman–Crippen LogP) is 5.65. The molecule has 3 aromatic rings. The molecule has 0 amide bonds. The molecule has 2 N–H and O–H groups in total. The molecule has 1 aliphatic rings. The number of aromatic nitrogens is 2. The zero-order chi connectivity index (χ0) is 24.1. The van der Waals surface area contributed by atoms with E-state index in [9.17, 15) is 4.57 Å². The van der Waals surface area contributed by atoms with E-state index < -0.39 is 7.14 Å². The lowest BCUT2D eigenvalue weighted by atomic mass is 10.2. The molecule has 2 aromatic carbocycles. The number of ether oxygens (including phenoxy) is 1. The monoisotopic (exact) mass is 499 g/mol. The van der Waals surface area contributed by atoms with Gasteiger partial charge in [0, 0.05) is 17.5 Å². The molecule has 1 aliphatic heterocycles. The number of hydrogen-bond acceptors (Lipinski definition) is 7. The van der Waals surface area contributed by atoms with Crippen molar-refractivity contribution in [2.45, 2.75) is 19.8 Å². The van der Waals surface area contributed by atoms with Crippen molar-refractivity contribution in [3.8, 4) is 5.75 Å². The van der Waals surface area contributed by atoms with Crippen LogP contribution in [0.3, 0.4) is 0 Å². The van der Waals surface area contributed by atoms with Crippen LogP contribution >= 0.6 is 18.7 Å². The fourth-order valence-corrected chi connectivity index (χ4v) is 5.27. The number of para-hydroxylation sites is 1. The minimum atomic E-state index is -2.48. The van der Waals surface area contributed by atoms with Crippen molar-refractivity contribution in [2.75, 3.05) is 50.2 Å². The predicted molar refractivity (Wildman–Crippen MR) is 141 cm³/mol. The molecule has 1 fully saturated rings. The second kappa shape index (κ2) is 10.8. The molecule has 7 nitrogen and oxygen atoms in total. The molecule has 0 aliphatic carbocycles. The average Bonchev–Trinajstić information content (AvgIpc) is 3.31. The maximum Gasteiger partial charge on any atom is 0.229 e. The van der Waals surface area contributed by atoms with Gasteiger partial charge in [0.2, 0.25) is 5.95 Å². The summed E-state index contributed by atoms with van der Waals surface area (Å²) in [6.07, 6.45) is 4.12. The first kappa shape index (κ1) is 24.5. The molecule has 180 valence electrons. The molecule has 0 radical (unpaired) electrons. The zero-order valence-corrected chi connectivity index (χ0v) is 21.5. The van der Waals surface area contributed by atoms with Crippen molar-refractivity contribution in [3.05, 3.63) is 59.2 Å². The van der Waals surface area contributed by atoms with Gasteiger partial charge < -0.3 is 19.9 Å². The summed E-state index contributed by atoms with van der Waals surface area (Å²) >= 11 is 6.36. The van der Waals surface area contributed by atoms with E-state index in [-0.39, 0.29) is 0 Å². The van der Waals surface area contributed by atoms with Crippen LogP contribution in [0.4, 0.5) is 23.1 Å². The topological polar surface area (TPSA) is 79.4 Å². The van der Waals surface area contributed by atoms with Crippen LogP contribution < -0.4 is 20.7 Å². The van der Waals surface area contributed by atoms with Gasteiger partial charge in [0.05, 0.1) is 11.9 Å². The molecule has 1 saturated heterocycles. The molecule has 0 spiro atoms. The lowest BCUT2D eigenvalue weighted by molar-refractivity contribution is 0.237. The zero-order valence-electron chi connectivity index (χ0n) is 19.8. The van der Waals surface area contributed by atoms with Gasteiger partial charge in [-0.3, -0.25) is 4.90 Å². The summed E-state index contributed by atoms with van der Waals surface area (Å²) in [5.74, 6) is 1.70. The molecule has 4 rings (SSSR count). The van der Waals surface area contributed by atoms with E-state index in [2.05, 4.69) is 25.5 Å². The maximum absolute atomic E-state index is 12.7. The van der Waals surface area contributed by atoms with Gasteiger partial charge in [0.25, 0.3) is 0 Å². The van der Waals surface area contributed by atoms with Gasteiger partial charge in [-0.2, -0.15) is 4.98 Å². The number of rotatable bonds is 9. The Morgan fingerprint density at radius 2 is 1.85 bits per heavy atom. The number of anilines is 4. The van der Waals surface area contributed by atoms with Crippen LogP contribution in [-0.4, -0.2) is 54.4 Å². The number of likely N-dealkylation sites (tertiary alicyclic amines) is 1. The Balaban J connectivity index is 1.44. The Bertz CT molecular complexity index is 1190. The summed E-state index contributed by atoms with van der Waals surface area (Å²) in [5, 5.41) is 7.60. The quantitative estimate of drug-likeness (QED) is 0.368. The Morgan fingerprint density at radius 1 is 1.09 bits per heavy atom. The minimum Gasteiger partial charge on any atom is -0.492 e. The van der Waals surface area contributed by atoms with E-state index in [1.807, 2.05) is 49.4 Å². The largest absolute Gasteiger partial charge is 0.492 e. The number of hydrogen-bond donors (Lipinski definition) is 2. The van der Waals surface area contributed by atoms with Crippen LogP contribution in [-0.2, 0) is 4.57 Å². The molecule has 9 heteroatoms. The fraction of sp³-hybridized carbons (Fsp3) is 0.360. The molecule has 1 aromatic heterocycles. The maximum atomic E-state index is 12.7. The van der Waals surface area contributed by atoms with Gasteiger partial charge in [-0.25, -0.2) is 4.98 Å². The normalized spacial score (nSPS) is 14.2. The third-order valence-corrected chi connectivity index (χ3v) is 7.63. The van der Waals surface area contributed by atoms with Crippen LogP contribution in [0.15, 0.2) is 48.7 Å². The Hall–Kier alpha value is -2.60. The van der Waals surface area contributed by atoms with E-state index in [4.69, 9.17) is 16.3 Å². The smallest absolute Gasteiger partial charge is 0.229 e. The molecule has 34 heavy (non-hydrogen) atoms. The highest BCUT2D eigenvalue weighted by molar-refractivity contribution is 7.70. The molecule has 2 heterocycles. The molecule has 0 unspecified atom stereocenters. The number of nitrogens with one attached hydrogen (secondary N) is 2. The van der Waals surface area contributed by atoms with E-state index in [1.54, 1.807) is 19.5 Å². The third kappa shape index (κ3) is 6.29. The summed E-state index contributed by atoms with van der Waals surface area (Å²) in [5.41, 5.74) is 2.62. The van der Waals surface area contributed by atoms with Gasteiger partial charge in [0.15, 0.2) is 5.82 Å². The van der Waals surface area contributed by atoms with Gasteiger partial charge in [-0.05, 0) is 82.1 Å². The number of halogens is 1. The van der Waals surface area contributed by atoms with Crippen molar-refractivity contribution in [3.63, 3.8) is 0 Å². The molecule has 0 atom stereocenters. The van der Waals surface area contributed by atoms with Crippen LogP contribution in [0.5, 0.6) is 5.75 Å². The van der Waals surface area contributed by atoms with Crippen LogP contribution in [0.25, 0.3) is 0 Å². The Labute approximate surface area is 206 Å². The van der Waals surface area contributed by atoms with Crippen molar-refractivity contribution in [1.29, 1.82) is 0 Å². The van der Waals surface area contributed by atoms with Crippen LogP contribution in [0.1, 0.15) is 18.4 Å². The van der Waals surface area contributed by atoms with Crippen LogP contribution in [0, 0.1) is 6.92 Å². The van der Waals surface area contributed by atoms with Crippen molar-refractivity contribution in [1.82, 2.24) is 14.9 Å². The average molecular weight is 500 g/mol. The lowest BCUT2D eigenvalue weighted by Crippen LogP contribution is -2.25.